The number of H-pyrrole nitrogens is 1. The molecule has 4 rings (SSSR count). The molecule has 1 amide bonds. The molecule has 2 aromatic heterocycles. The number of rotatable bonds is 7. The van der Waals surface area contributed by atoms with Gasteiger partial charge in [-0.1, -0.05) is 26.0 Å². The monoisotopic (exact) mass is 465 g/mol. The lowest BCUT2D eigenvalue weighted by molar-refractivity contribution is 0.0384. The SMILES string of the molecule is CCn1c(=O)[nH]c(=O)c2c(C(=O)Nc3ccc(CCN4CCOCC4)cc3)cc(C(C)C)nc21. The number of benzene rings is 1. The molecule has 2 N–H and O–H groups in total. The Morgan fingerprint density at radius 1 is 1.18 bits per heavy atom. The molecule has 1 aliphatic rings. The van der Waals surface area contributed by atoms with E-state index in [0.717, 1.165) is 39.3 Å². The van der Waals surface area contributed by atoms with Crippen molar-refractivity contribution in [2.24, 2.45) is 0 Å². The van der Waals surface area contributed by atoms with Gasteiger partial charge < -0.3 is 10.1 Å². The highest BCUT2D eigenvalue weighted by molar-refractivity contribution is 6.11. The number of amides is 1. The Kier molecular flexibility index (Phi) is 7.23. The van der Waals surface area contributed by atoms with Crippen LogP contribution >= 0.6 is 0 Å². The minimum absolute atomic E-state index is 0.0152. The van der Waals surface area contributed by atoms with Crippen LogP contribution in [0.25, 0.3) is 11.0 Å². The molecule has 1 aliphatic heterocycles. The number of carbonyl (C=O) groups is 1. The van der Waals surface area contributed by atoms with E-state index in [9.17, 15) is 14.4 Å². The second-order valence-electron chi connectivity index (χ2n) is 8.81. The number of aryl methyl sites for hydroxylation is 1. The summed E-state index contributed by atoms with van der Waals surface area (Å²) in [6.45, 7) is 10.5. The topological polar surface area (TPSA) is 109 Å². The summed E-state index contributed by atoms with van der Waals surface area (Å²) < 4.78 is 6.77. The molecule has 0 radical (unpaired) electrons. The lowest BCUT2D eigenvalue weighted by Crippen LogP contribution is -2.37. The van der Waals surface area contributed by atoms with Crippen molar-refractivity contribution in [3.63, 3.8) is 0 Å². The third-order valence-corrected chi connectivity index (χ3v) is 6.15. The fourth-order valence-corrected chi connectivity index (χ4v) is 4.13. The summed E-state index contributed by atoms with van der Waals surface area (Å²) in [7, 11) is 0. The van der Waals surface area contributed by atoms with E-state index in [-0.39, 0.29) is 22.5 Å². The largest absolute Gasteiger partial charge is 0.379 e. The molecule has 1 fully saturated rings. The van der Waals surface area contributed by atoms with Crippen LogP contribution in [-0.4, -0.2) is 58.2 Å². The van der Waals surface area contributed by atoms with E-state index in [1.807, 2.05) is 38.1 Å². The highest BCUT2D eigenvalue weighted by atomic mass is 16.5. The summed E-state index contributed by atoms with van der Waals surface area (Å²) in [4.78, 5) is 47.4. The molecule has 1 aromatic carbocycles. The van der Waals surface area contributed by atoms with Crippen molar-refractivity contribution in [2.75, 3.05) is 38.2 Å². The Morgan fingerprint density at radius 2 is 1.88 bits per heavy atom. The first kappa shape index (κ1) is 23.8. The number of ether oxygens (including phenoxy) is 1. The van der Waals surface area contributed by atoms with Gasteiger partial charge in [-0.05, 0) is 43.0 Å². The molecule has 1 saturated heterocycles. The summed E-state index contributed by atoms with van der Waals surface area (Å²) in [5.74, 6) is -0.399. The van der Waals surface area contributed by atoms with Crippen LogP contribution in [0.15, 0.2) is 39.9 Å². The zero-order valence-corrected chi connectivity index (χ0v) is 19.9. The third-order valence-electron chi connectivity index (χ3n) is 6.15. The maximum absolute atomic E-state index is 13.3. The minimum atomic E-state index is -0.615. The van der Waals surface area contributed by atoms with Crippen molar-refractivity contribution >= 4 is 22.6 Å². The van der Waals surface area contributed by atoms with Crippen molar-refractivity contribution in [2.45, 2.75) is 39.7 Å². The quantitative estimate of drug-likeness (QED) is 0.554. The molecule has 0 aliphatic carbocycles. The zero-order valence-electron chi connectivity index (χ0n) is 19.9. The lowest BCUT2D eigenvalue weighted by Gasteiger charge is -2.26. The predicted molar refractivity (Wildman–Crippen MR) is 132 cm³/mol. The van der Waals surface area contributed by atoms with Crippen LogP contribution in [-0.2, 0) is 17.7 Å². The van der Waals surface area contributed by atoms with Gasteiger partial charge in [0, 0.05) is 37.6 Å². The summed E-state index contributed by atoms with van der Waals surface area (Å²) in [6, 6.07) is 9.37. The molecule has 180 valence electrons. The predicted octanol–water partition coefficient (Wildman–Crippen LogP) is 2.36. The van der Waals surface area contributed by atoms with Gasteiger partial charge in [0.1, 0.15) is 0 Å². The number of hydrogen-bond acceptors (Lipinski definition) is 6. The van der Waals surface area contributed by atoms with Crippen LogP contribution in [0.2, 0.25) is 0 Å². The van der Waals surface area contributed by atoms with Gasteiger partial charge in [0.05, 0.1) is 24.2 Å². The van der Waals surface area contributed by atoms with Crippen molar-refractivity contribution in [1.82, 2.24) is 19.4 Å². The van der Waals surface area contributed by atoms with Crippen LogP contribution in [0.1, 0.15) is 48.3 Å². The second kappa shape index (κ2) is 10.3. The Balaban J connectivity index is 1.59. The molecule has 34 heavy (non-hydrogen) atoms. The third kappa shape index (κ3) is 5.10. The van der Waals surface area contributed by atoms with Crippen molar-refractivity contribution in [3.8, 4) is 0 Å². The van der Waals surface area contributed by atoms with Gasteiger partial charge in [0.25, 0.3) is 11.5 Å². The Labute approximate surface area is 197 Å². The van der Waals surface area contributed by atoms with Gasteiger partial charge in [0.2, 0.25) is 0 Å². The van der Waals surface area contributed by atoms with E-state index in [2.05, 4.69) is 20.2 Å². The molecule has 0 atom stereocenters. The van der Waals surface area contributed by atoms with Gasteiger partial charge in [0.15, 0.2) is 5.65 Å². The highest BCUT2D eigenvalue weighted by Gasteiger charge is 2.20. The van der Waals surface area contributed by atoms with E-state index < -0.39 is 17.2 Å². The molecule has 0 unspecified atom stereocenters. The number of anilines is 1. The number of hydrogen-bond donors (Lipinski definition) is 2. The number of morpholine rings is 1. The molecular weight excluding hydrogens is 434 g/mol. The smallest absolute Gasteiger partial charge is 0.329 e. The normalized spacial score (nSPS) is 14.6. The first-order valence-electron chi connectivity index (χ1n) is 11.8. The van der Waals surface area contributed by atoms with Gasteiger partial charge in [-0.15, -0.1) is 0 Å². The molecule has 9 heteroatoms. The number of nitrogens with zero attached hydrogens (tertiary/aromatic N) is 3. The van der Waals surface area contributed by atoms with Crippen molar-refractivity contribution in [3.05, 3.63) is 68.0 Å². The molecule has 9 nitrogen and oxygen atoms in total. The number of nitrogens with one attached hydrogen (secondary N) is 2. The molecule has 0 saturated carbocycles. The fourth-order valence-electron chi connectivity index (χ4n) is 4.13. The Hall–Kier alpha value is -3.30. The van der Waals surface area contributed by atoms with Gasteiger partial charge in [-0.3, -0.25) is 24.0 Å². The Bertz CT molecular complexity index is 1290. The number of pyridine rings is 1. The van der Waals surface area contributed by atoms with E-state index in [1.54, 1.807) is 13.0 Å². The first-order valence-corrected chi connectivity index (χ1v) is 11.8. The summed E-state index contributed by atoms with van der Waals surface area (Å²) in [5, 5.41) is 3.01. The molecule has 0 bridgehead atoms. The number of carbonyl (C=O) groups excluding carboxylic acids is 1. The van der Waals surface area contributed by atoms with Crippen molar-refractivity contribution < 1.29 is 9.53 Å². The number of aromatic amines is 1. The molecule has 3 aromatic rings. The lowest BCUT2D eigenvalue weighted by atomic mass is 10.0. The molecule has 3 heterocycles. The second-order valence-corrected chi connectivity index (χ2v) is 8.81. The van der Waals surface area contributed by atoms with Crippen LogP contribution in [0.5, 0.6) is 0 Å². The van der Waals surface area contributed by atoms with Crippen LogP contribution in [0.4, 0.5) is 5.69 Å². The van der Waals surface area contributed by atoms with E-state index in [1.165, 1.54) is 10.1 Å². The van der Waals surface area contributed by atoms with Gasteiger partial charge in [-0.2, -0.15) is 0 Å². The summed E-state index contributed by atoms with van der Waals surface area (Å²) in [6.07, 6.45) is 0.922. The number of fused-ring (bicyclic) bond motifs is 1. The zero-order chi connectivity index (χ0) is 24.2. The van der Waals surface area contributed by atoms with Gasteiger partial charge >= 0.3 is 5.69 Å². The number of aromatic nitrogens is 3. The maximum Gasteiger partial charge on any atom is 0.329 e. The molecule has 0 spiro atoms. The summed E-state index contributed by atoms with van der Waals surface area (Å²) in [5.41, 5.74) is 1.74. The Morgan fingerprint density at radius 3 is 2.53 bits per heavy atom. The van der Waals surface area contributed by atoms with Crippen LogP contribution in [0.3, 0.4) is 0 Å². The average Bonchev–Trinajstić information content (AvgIpc) is 2.83. The minimum Gasteiger partial charge on any atom is -0.379 e. The van der Waals surface area contributed by atoms with E-state index >= 15 is 0 Å². The highest BCUT2D eigenvalue weighted by Crippen LogP contribution is 2.21. The van der Waals surface area contributed by atoms with Crippen molar-refractivity contribution in [1.29, 1.82) is 0 Å². The molecular formula is C25H31N5O4. The van der Waals surface area contributed by atoms with E-state index in [4.69, 9.17) is 4.74 Å². The average molecular weight is 466 g/mol. The fraction of sp³-hybridized carbons (Fsp3) is 0.440. The maximum atomic E-state index is 13.3. The summed E-state index contributed by atoms with van der Waals surface area (Å²) >= 11 is 0. The van der Waals surface area contributed by atoms with E-state index in [0.29, 0.717) is 17.9 Å². The first-order chi connectivity index (χ1) is 16.4. The van der Waals surface area contributed by atoms with Crippen LogP contribution in [0, 0.1) is 0 Å². The van der Waals surface area contributed by atoms with Crippen LogP contribution < -0.4 is 16.6 Å². The standard InChI is InChI=1S/C25H31N5O4/c1-4-30-22-21(24(32)28-25(30)33)19(15-20(27-22)16(2)3)23(31)26-18-7-5-17(6-8-18)9-10-29-11-13-34-14-12-29/h5-8,15-16H,4,9-14H2,1-3H3,(H,26,31)(H,28,32,33). The van der Waals surface area contributed by atoms with Gasteiger partial charge in [-0.25, -0.2) is 9.78 Å².